The first kappa shape index (κ1) is 14.1. The molecule has 0 spiro atoms. The molecular formula is C13H8Cl3NO2. The van der Waals surface area contributed by atoms with E-state index >= 15 is 0 Å². The molecule has 0 amide bonds. The van der Waals surface area contributed by atoms with Gasteiger partial charge in [-0.15, -0.1) is 0 Å². The van der Waals surface area contributed by atoms with Crippen LogP contribution < -0.4 is 0 Å². The smallest absolute Gasteiger partial charge is 0.258 e. The van der Waals surface area contributed by atoms with Crippen molar-refractivity contribution in [3.8, 4) is 0 Å². The molecule has 3 nitrogen and oxygen atoms in total. The predicted octanol–water partition coefficient (Wildman–Crippen LogP) is 4.93. The largest absolute Gasteiger partial charge is 0.269 e. The third-order valence-corrected chi connectivity index (χ3v) is 3.77. The molecule has 0 aliphatic rings. The van der Waals surface area contributed by atoms with Crippen molar-refractivity contribution in [1.29, 1.82) is 0 Å². The molecule has 0 heterocycles. The van der Waals surface area contributed by atoms with Crippen LogP contribution in [0.4, 0.5) is 5.69 Å². The van der Waals surface area contributed by atoms with E-state index in [4.69, 9.17) is 34.8 Å². The van der Waals surface area contributed by atoms with Crippen LogP contribution in [0.1, 0.15) is 11.1 Å². The average Bonchev–Trinajstić information content (AvgIpc) is 2.39. The average molecular weight is 317 g/mol. The lowest BCUT2D eigenvalue weighted by Crippen LogP contribution is -2.12. The lowest BCUT2D eigenvalue weighted by molar-refractivity contribution is -0.384. The highest BCUT2D eigenvalue weighted by Crippen LogP contribution is 2.41. The second-order valence-corrected chi connectivity index (χ2v) is 5.65. The number of alkyl halides is 2. The molecule has 0 atom stereocenters. The maximum Gasteiger partial charge on any atom is 0.269 e. The molecule has 0 bridgehead atoms. The zero-order chi connectivity index (χ0) is 14.0. The van der Waals surface area contributed by atoms with Crippen molar-refractivity contribution in [3.05, 3.63) is 74.8 Å². The summed E-state index contributed by atoms with van der Waals surface area (Å²) in [5.74, 6) is 0. The maximum atomic E-state index is 10.6. The van der Waals surface area contributed by atoms with Gasteiger partial charge in [0.25, 0.3) is 5.69 Å². The van der Waals surface area contributed by atoms with Crippen molar-refractivity contribution in [1.82, 2.24) is 0 Å². The zero-order valence-electron chi connectivity index (χ0n) is 9.52. The summed E-state index contributed by atoms with van der Waals surface area (Å²) in [6, 6.07) is 12.6. The molecule has 0 saturated heterocycles. The van der Waals surface area contributed by atoms with Crippen molar-refractivity contribution in [2.24, 2.45) is 0 Å². The Bertz CT molecular complexity index is 594. The highest BCUT2D eigenvalue weighted by molar-refractivity contribution is 6.50. The molecule has 0 radical (unpaired) electrons. The second-order valence-electron chi connectivity index (χ2n) is 3.89. The number of hydrogen-bond donors (Lipinski definition) is 0. The molecule has 0 saturated carbocycles. The van der Waals surface area contributed by atoms with Gasteiger partial charge in [-0.1, -0.05) is 46.9 Å². The van der Waals surface area contributed by atoms with E-state index in [0.717, 1.165) is 0 Å². The van der Waals surface area contributed by atoms with Crippen LogP contribution in [0, 0.1) is 10.1 Å². The number of benzene rings is 2. The summed E-state index contributed by atoms with van der Waals surface area (Å²) in [6.45, 7) is 0. The van der Waals surface area contributed by atoms with E-state index in [1.165, 1.54) is 24.3 Å². The van der Waals surface area contributed by atoms with E-state index in [9.17, 15) is 10.1 Å². The monoisotopic (exact) mass is 315 g/mol. The van der Waals surface area contributed by atoms with E-state index < -0.39 is 9.26 Å². The maximum absolute atomic E-state index is 10.6. The Morgan fingerprint density at radius 3 is 1.74 bits per heavy atom. The number of halogens is 3. The lowest BCUT2D eigenvalue weighted by Gasteiger charge is -2.20. The fourth-order valence-electron chi connectivity index (χ4n) is 1.62. The van der Waals surface area contributed by atoms with Crippen LogP contribution in [0.25, 0.3) is 0 Å². The molecule has 0 aliphatic heterocycles. The van der Waals surface area contributed by atoms with E-state index in [1.54, 1.807) is 24.3 Å². The third kappa shape index (κ3) is 3.00. The van der Waals surface area contributed by atoms with Crippen LogP contribution in [-0.4, -0.2) is 4.92 Å². The quantitative estimate of drug-likeness (QED) is 0.458. The third-order valence-electron chi connectivity index (χ3n) is 2.65. The van der Waals surface area contributed by atoms with Gasteiger partial charge in [0.15, 0.2) is 4.33 Å². The van der Waals surface area contributed by atoms with E-state index in [0.29, 0.717) is 16.1 Å². The van der Waals surface area contributed by atoms with Crippen molar-refractivity contribution in [3.63, 3.8) is 0 Å². The summed E-state index contributed by atoms with van der Waals surface area (Å²) in [7, 11) is 0. The van der Waals surface area contributed by atoms with Gasteiger partial charge in [-0.25, -0.2) is 0 Å². The van der Waals surface area contributed by atoms with Crippen LogP contribution in [-0.2, 0) is 4.33 Å². The molecule has 2 aromatic rings. The van der Waals surface area contributed by atoms with Gasteiger partial charge in [-0.3, -0.25) is 10.1 Å². The molecule has 0 fully saturated rings. The fourth-order valence-corrected chi connectivity index (χ4v) is 2.25. The molecule has 0 aliphatic carbocycles. The van der Waals surface area contributed by atoms with Crippen molar-refractivity contribution in [2.75, 3.05) is 0 Å². The van der Waals surface area contributed by atoms with Gasteiger partial charge in [0.1, 0.15) is 0 Å². The summed E-state index contributed by atoms with van der Waals surface area (Å²) in [5, 5.41) is 11.2. The lowest BCUT2D eigenvalue weighted by atomic mass is 10.0. The molecule has 0 N–H and O–H groups in total. The molecule has 0 unspecified atom stereocenters. The Morgan fingerprint density at radius 2 is 1.32 bits per heavy atom. The zero-order valence-corrected chi connectivity index (χ0v) is 11.8. The van der Waals surface area contributed by atoms with Crippen LogP contribution in [0.15, 0.2) is 48.5 Å². The van der Waals surface area contributed by atoms with Crippen LogP contribution in [0.2, 0.25) is 5.02 Å². The van der Waals surface area contributed by atoms with E-state index in [-0.39, 0.29) is 5.69 Å². The van der Waals surface area contributed by atoms with E-state index in [1.807, 2.05) is 0 Å². The Kier molecular flexibility index (Phi) is 3.99. The minimum atomic E-state index is -1.28. The fraction of sp³-hybridized carbons (Fsp3) is 0.0769. The Labute approximate surface area is 124 Å². The van der Waals surface area contributed by atoms with Gasteiger partial charge in [-0.2, -0.15) is 0 Å². The number of rotatable bonds is 3. The number of nitro benzene ring substituents is 1. The first-order valence-electron chi connectivity index (χ1n) is 5.30. The Morgan fingerprint density at radius 1 is 0.895 bits per heavy atom. The molecular weight excluding hydrogens is 309 g/mol. The summed E-state index contributed by atoms with van der Waals surface area (Å²) < 4.78 is -1.28. The standard InChI is InChI=1S/C13H8Cl3NO2/c14-11-5-1-9(2-6-11)13(15,16)10-3-7-12(8-4-10)17(18)19/h1-8H. The topological polar surface area (TPSA) is 43.1 Å². The predicted molar refractivity (Wildman–Crippen MR) is 77.0 cm³/mol. The van der Waals surface area contributed by atoms with Crippen molar-refractivity contribution in [2.45, 2.75) is 4.33 Å². The van der Waals surface area contributed by atoms with E-state index in [2.05, 4.69) is 0 Å². The number of nitro groups is 1. The van der Waals surface area contributed by atoms with Gasteiger partial charge < -0.3 is 0 Å². The molecule has 98 valence electrons. The van der Waals surface area contributed by atoms with Gasteiger partial charge in [0, 0.05) is 17.2 Å². The summed E-state index contributed by atoms with van der Waals surface area (Å²) in [4.78, 5) is 10.1. The van der Waals surface area contributed by atoms with Gasteiger partial charge in [-0.05, 0) is 35.4 Å². The normalized spacial score (nSPS) is 11.3. The molecule has 6 heteroatoms. The number of non-ortho nitro benzene ring substituents is 1. The highest BCUT2D eigenvalue weighted by atomic mass is 35.5. The van der Waals surface area contributed by atoms with Gasteiger partial charge >= 0.3 is 0 Å². The SMILES string of the molecule is O=[N+]([O-])c1ccc(C(Cl)(Cl)c2ccc(Cl)cc2)cc1. The second kappa shape index (κ2) is 5.37. The number of hydrogen-bond acceptors (Lipinski definition) is 2. The molecule has 0 aromatic heterocycles. The molecule has 2 rings (SSSR count). The van der Waals surface area contributed by atoms with Crippen molar-refractivity contribution >= 4 is 40.5 Å². The number of nitrogens with zero attached hydrogens (tertiary/aromatic N) is 1. The summed E-state index contributed by atoms with van der Waals surface area (Å²) in [5.41, 5.74) is 1.20. The molecule has 19 heavy (non-hydrogen) atoms. The minimum absolute atomic E-state index is 0.0102. The Balaban J connectivity index is 2.38. The van der Waals surface area contributed by atoms with Gasteiger partial charge in [0.2, 0.25) is 0 Å². The summed E-state index contributed by atoms with van der Waals surface area (Å²) >= 11 is 18.4. The van der Waals surface area contributed by atoms with Crippen LogP contribution in [0.3, 0.4) is 0 Å². The van der Waals surface area contributed by atoms with Crippen molar-refractivity contribution < 1.29 is 4.92 Å². The highest BCUT2D eigenvalue weighted by Gasteiger charge is 2.29. The van der Waals surface area contributed by atoms with Crippen LogP contribution in [0.5, 0.6) is 0 Å². The first-order chi connectivity index (χ1) is 8.91. The summed E-state index contributed by atoms with van der Waals surface area (Å²) in [6.07, 6.45) is 0. The minimum Gasteiger partial charge on any atom is -0.258 e. The first-order valence-corrected chi connectivity index (χ1v) is 6.43. The molecule has 2 aromatic carbocycles. The van der Waals surface area contributed by atoms with Crippen LogP contribution >= 0.6 is 34.8 Å². The Hall–Kier alpha value is -1.29. The van der Waals surface area contributed by atoms with Gasteiger partial charge in [0.05, 0.1) is 4.92 Å².